The molecule has 0 spiro atoms. The predicted molar refractivity (Wildman–Crippen MR) is 102 cm³/mol. The molecule has 0 radical (unpaired) electrons. The first-order chi connectivity index (χ1) is 12.2. The number of esters is 1. The summed E-state index contributed by atoms with van der Waals surface area (Å²) in [6.45, 7) is 13.1. The molecule has 2 amide bonds. The Morgan fingerprint density at radius 1 is 1.38 bits per heavy atom. The van der Waals surface area contributed by atoms with Gasteiger partial charge in [-0.3, -0.25) is 0 Å². The summed E-state index contributed by atoms with van der Waals surface area (Å²) in [5, 5.41) is 6.36. The van der Waals surface area contributed by atoms with Crippen molar-refractivity contribution in [3.8, 4) is 0 Å². The summed E-state index contributed by atoms with van der Waals surface area (Å²) in [5.74, 6) is 0.537. The van der Waals surface area contributed by atoms with Crippen LogP contribution in [0.2, 0.25) is 0 Å². The first-order valence-electron chi connectivity index (χ1n) is 8.88. The average Bonchev–Trinajstić information content (AvgIpc) is 2.79. The zero-order chi connectivity index (χ0) is 19.4. The van der Waals surface area contributed by atoms with Gasteiger partial charge in [-0.15, -0.1) is 0 Å². The Morgan fingerprint density at radius 3 is 2.69 bits per heavy atom. The van der Waals surface area contributed by atoms with Crippen molar-refractivity contribution in [2.75, 3.05) is 12.4 Å². The Bertz CT molecular complexity index is 724. The Kier molecular flexibility index (Phi) is 6.75. The molecule has 1 atom stereocenters. The molecule has 26 heavy (non-hydrogen) atoms. The molecule has 144 valence electrons. The third-order valence-electron chi connectivity index (χ3n) is 4.18. The number of hydrogen-bond acceptors (Lipinski definition) is 5. The van der Waals surface area contributed by atoms with Gasteiger partial charge >= 0.3 is 12.0 Å². The molecular formula is C18H28N4O3S. The quantitative estimate of drug-likeness (QED) is 0.561. The van der Waals surface area contributed by atoms with Gasteiger partial charge in [-0.25, -0.2) is 14.6 Å². The highest BCUT2D eigenvalue weighted by Crippen LogP contribution is 2.26. The first kappa shape index (κ1) is 20.4. The van der Waals surface area contributed by atoms with Crippen LogP contribution in [-0.4, -0.2) is 40.0 Å². The second-order valence-corrected chi connectivity index (χ2v) is 7.73. The first-order valence-corrected chi connectivity index (χ1v) is 9.87. The standard InChI is InChI=1S/C18H28N4O3S/c1-7-25-16(23)15-12(5)19-17(24)21-14(15)9-26-18-20-11(4)13(6)22(18)8-10(2)3/h10,12H,7-9H2,1-6H3,(H2,19,21,24)/t12-/m0/s1. The van der Waals surface area contributed by atoms with Crippen LogP contribution in [-0.2, 0) is 16.1 Å². The van der Waals surface area contributed by atoms with E-state index in [2.05, 4.69) is 41.0 Å². The van der Waals surface area contributed by atoms with Crippen LogP contribution in [0.25, 0.3) is 0 Å². The van der Waals surface area contributed by atoms with Crippen molar-refractivity contribution in [3.05, 3.63) is 22.7 Å². The molecule has 8 heteroatoms. The van der Waals surface area contributed by atoms with Crippen LogP contribution in [0, 0.1) is 19.8 Å². The molecule has 0 aliphatic carbocycles. The van der Waals surface area contributed by atoms with E-state index in [9.17, 15) is 9.59 Å². The van der Waals surface area contributed by atoms with Crippen molar-refractivity contribution in [3.63, 3.8) is 0 Å². The number of aromatic nitrogens is 2. The highest BCUT2D eigenvalue weighted by molar-refractivity contribution is 7.99. The largest absolute Gasteiger partial charge is 0.463 e. The lowest BCUT2D eigenvalue weighted by molar-refractivity contribution is -0.138. The van der Waals surface area contributed by atoms with E-state index in [1.165, 1.54) is 11.8 Å². The lowest BCUT2D eigenvalue weighted by atomic mass is 10.1. The van der Waals surface area contributed by atoms with Crippen molar-refractivity contribution in [2.45, 2.75) is 59.3 Å². The maximum atomic E-state index is 12.3. The molecular weight excluding hydrogens is 352 g/mol. The van der Waals surface area contributed by atoms with Gasteiger partial charge in [-0.2, -0.15) is 0 Å². The fraction of sp³-hybridized carbons (Fsp3) is 0.611. The van der Waals surface area contributed by atoms with Crippen LogP contribution < -0.4 is 10.6 Å². The van der Waals surface area contributed by atoms with Gasteiger partial charge in [0.2, 0.25) is 0 Å². The molecule has 2 N–H and O–H groups in total. The van der Waals surface area contributed by atoms with Crippen LogP contribution in [0.4, 0.5) is 4.79 Å². The van der Waals surface area contributed by atoms with Gasteiger partial charge in [0.1, 0.15) is 0 Å². The highest BCUT2D eigenvalue weighted by atomic mass is 32.2. The number of thioether (sulfide) groups is 1. The zero-order valence-corrected chi connectivity index (χ0v) is 17.1. The van der Waals surface area contributed by atoms with Gasteiger partial charge < -0.3 is 19.9 Å². The van der Waals surface area contributed by atoms with Gasteiger partial charge in [-0.05, 0) is 33.6 Å². The SMILES string of the molecule is CCOC(=O)C1=C(CSc2nc(C)c(C)n2CC(C)C)NC(=O)N[C@H]1C. The molecule has 0 saturated carbocycles. The van der Waals surface area contributed by atoms with Crippen LogP contribution in [0.5, 0.6) is 0 Å². The lowest BCUT2D eigenvalue weighted by Crippen LogP contribution is -2.49. The molecule has 0 unspecified atom stereocenters. The third kappa shape index (κ3) is 4.60. The molecule has 7 nitrogen and oxygen atoms in total. The number of amides is 2. The highest BCUT2D eigenvalue weighted by Gasteiger charge is 2.30. The fourth-order valence-corrected chi connectivity index (χ4v) is 3.91. The molecule has 1 aliphatic rings. The normalized spacial score (nSPS) is 17.3. The summed E-state index contributed by atoms with van der Waals surface area (Å²) in [7, 11) is 0. The van der Waals surface area contributed by atoms with Crippen LogP contribution in [0.15, 0.2) is 16.4 Å². The Labute approximate surface area is 159 Å². The van der Waals surface area contributed by atoms with E-state index < -0.39 is 12.0 Å². The van der Waals surface area contributed by atoms with Crippen molar-refractivity contribution in [1.82, 2.24) is 20.2 Å². The summed E-state index contributed by atoms with van der Waals surface area (Å²) in [4.78, 5) is 28.8. The minimum atomic E-state index is -0.402. The van der Waals surface area contributed by atoms with Gasteiger partial charge in [0.05, 0.1) is 23.9 Å². The number of ether oxygens (including phenoxy) is 1. The maximum absolute atomic E-state index is 12.3. The number of carbonyl (C=O) groups is 2. The van der Waals surface area contributed by atoms with Crippen LogP contribution in [0.1, 0.15) is 39.1 Å². The topological polar surface area (TPSA) is 85.2 Å². The molecule has 0 aromatic carbocycles. The lowest BCUT2D eigenvalue weighted by Gasteiger charge is -2.26. The van der Waals surface area contributed by atoms with E-state index in [0.29, 0.717) is 29.5 Å². The molecule has 1 aromatic heterocycles. The molecule has 2 heterocycles. The average molecular weight is 381 g/mol. The fourth-order valence-electron chi connectivity index (χ4n) is 2.84. The number of aryl methyl sites for hydroxylation is 1. The Hall–Kier alpha value is -1.96. The number of hydrogen-bond donors (Lipinski definition) is 2. The molecule has 0 saturated heterocycles. The Balaban J connectivity index is 2.27. The van der Waals surface area contributed by atoms with Gasteiger partial charge in [0.15, 0.2) is 5.16 Å². The third-order valence-corrected chi connectivity index (χ3v) is 5.18. The predicted octanol–water partition coefficient (Wildman–Crippen LogP) is 2.77. The summed E-state index contributed by atoms with van der Waals surface area (Å²) in [6, 6.07) is -0.698. The van der Waals surface area contributed by atoms with E-state index in [-0.39, 0.29) is 6.03 Å². The smallest absolute Gasteiger partial charge is 0.337 e. The minimum Gasteiger partial charge on any atom is -0.463 e. The summed E-state index contributed by atoms with van der Waals surface area (Å²) in [6.07, 6.45) is 0. The van der Waals surface area contributed by atoms with Crippen molar-refractivity contribution < 1.29 is 14.3 Å². The maximum Gasteiger partial charge on any atom is 0.337 e. The van der Waals surface area contributed by atoms with Crippen LogP contribution >= 0.6 is 11.8 Å². The van der Waals surface area contributed by atoms with E-state index in [4.69, 9.17) is 4.74 Å². The molecule has 1 aliphatic heterocycles. The second-order valence-electron chi connectivity index (χ2n) is 6.79. The number of nitrogens with one attached hydrogen (secondary N) is 2. The van der Waals surface area contributed by atoms with Crippen LogP contribution in [0.3, 0.4) is 0 Å². The van der Waals surface area contributed by atoms with Crippen molar-refractivity contribution >= 4 is 23.8 Å². The van der Waals surface area contributed by atoms with Gasteiger partial charge in [0, 0.05) is 23.7 Å². The minimum absolute atomic E-state index is 0.292. The number of urea groups is 1. The van der Waals surface area contributed by atoms with Gasteiger partial charge in [0.25, 0.3) is 0 Å². The number of imidazole rings is 1. The molecule has 1 aromatic rings. The van der Waals surface area contributed by atoms with Crippen molar-refractivity contribution in [1.29, 1.82) is 0 Å². The monoisotopic (exact) mass is 380 g/mol. The van der Waals surface area contributed by atoms with E-state index in [0.717, 1.165) is 23.1 Å². The molecule has 0 fully saturated rings. The summed E-state index contributed by atoms with van der Waals surface area (Å²) < 4.78 is 7.35. The summed E-state index contributed by atoms with van der Waals surface area (Å²) in [5.41, 5.74) is 3.19. The zero-order valence-electron chi connectivity index (χ0n) is 16.3. The molecule has 0 bridgehead atoms. The van der Waals surface area contributed by atoms with E-state index in [1.807, 2.05) is 6.92 Å². The van der Waals surface area contributed by atoms with Gasteiger partial charge in [-0.1, -0.05) is 25.6 Å². The second kappa shape index (κ2) is 8.62. The number of nitrogens with zero attached hydrogens (tertiary/aromatic N) is 2. The summed E-state index contributed by atoms with van der Waals surface area (Å²) >= 11 is 1.52. The Morgan fingerprint density at radius 2 is 2.08 bits per heavy atom. The molecule has 2 rings (SSSR count). The van der Waals surface area contributed by atoms with E-state index >= 15 is 0 Å². The van der Waals surface area contributed by atoms with Crippen molar-refractivity contribution in [2.24, 2.45) is 5.92 Å². The number of rotatable bonds is 7. The van der Waals surface area contributed by atoms with E-state index in [1.54, 1.807) is 13.8 Å². The number of carbonyl (C=O) groups excluding carboxylic acids is 2.